The van der Waals surface area contributed by atoms with Gasteiger partial charge >= 0.3 is 6.09 Å². The Kier molecular flexibility index (Phi) is 0.704. The maximum Gasteiger partial charge on any atom is 0.418 e. The number of hydrogen-bond donors (Lipinski definition) is 0. The lowest BCUT2D eigenvalue weighted by atomic mass is 10.5. The lowest BCUT2D eigenvalue weighted by Crippen LogP contribution is -2.01. The van der Waals surface area contributed by atoms with E-state index < -0.39 is 0 Å². The van der Waals surface area contributed by atoms with E-state index in [9.17, 15) is 4.79 Å². The van der Waals surface area contributed by atoms with E-state index in [0.29, 0.717) is 6.61 Å². The lowest BCUT2D eigenvalue weighted by molar-refractivity contribution is 0.161. The molecule has 1 aromatic heterocycles. The number of carbonyl (C=O) groups excluding carboxylic acids is 1. The molecule has 3 heteroatoms. The molecule has 0 saturated carbocycles. The van der Waals surface area contributed by atoms with Crippen LogP contribution in [0.15, 0.2) is 18.3 Å². The van der Waals surface area contributed by atoms with Crippen LogP contribution in [-0.4, -0.2) is 10.7 Å². The first-order valence-corrected chi connectivity index (χ1v) is 2.71. The maximum atomic E-state index is 10.7. The number of cyclic esters (lactones) is 1. The largest absolute Gasteiger partial charge is 0.442 e. The van der Waals surface area contributed by atoms with Crippen LogP contribution in [0.4, 0.5) is 4.79 Å². The molecule has 1 aliphatic heterocycles. The third-order valence-corrected chi connectivity index (χ3v) is 1.37. The Labute approximate surface area is 51.8 Å². The zero-order chi connectivity index (χ0) is 6.27. The molecule has 2 rings (SSSR count). The molecule has 0 amide bonds. The summed E-state index contributed by atoms with van der Waals surface area (Å²) in [5.74, 6) is 0. The van der Waals surface area contributed by atoms with Crippen LogP contribution >= 0.6 is 0 Å². The molecule has 46 valence electrons. The van der Waals surface area contributed by atoms with Crippen molar-refractivity contribution in [2.45, 2.75) is 6.61 Å². The zero-order valence-corrected chi connectivity index (χ0v) is 4.70. The maximum absolute atomic E-state index is 10.7. The summed E-state index contributed by atoms with van der Waals surface area (Å²) in [4.78, 5) is 10.7. The predicted molar refractivity (Wildman–Crippen MR) is 30.0 cm³/mol. The molecule has 0 saturated heterocycles. The van der Waals surface area contributed by atoms with E-state index in [1.807, 2.05) is 12.1 Å². The Hall–Kier alpha value is -1.25. The summed E-state index contributed by atoms with van der Waals surface area (Å²) < 4.78 is 6.19. The number of ether oxygens (including phenoxy) is 1. The van der Waals surface area contributed by atoms with Gasteiger partial charge in [0.1, 0.15) is 6.61 Å². The fourth-order valence-electron chi connectivity index (χ4n) is 0.917. The number of aromatic nitrogens is 1. The van der Waals surface area contributed by atoms with Gasteiger partial charge in [-0.15, -0.1) is 0 Å². The first-order valence-electron chi connectivity index (χ1n) is 2.71. The molecule has 0 N–H and O–H groups in total. The molecule has 0 spiro atoms. The molecule has 1 aromatic rings. The van der Waals surface area contributed by atoms with Crippen molar-refractivity contribution in [1.29, 1.82) is 0 Å². The minimum Gasteiger partial charge on any atom is -0.442 e. The highest BCUT2D eigenvalue weighted by atomic mass is 16.6. The van der Waals surface area contributed by atoms with Crippen molar-refractivity contribution in [2.75, 3.05) is 0 Å². The van der Waals surface area contributed by atoms with Gasteiger partial charge in [-0.3, -0.25) is 4.57 Å². The Morgan fingerprint density at radius 2 is 2.56 bits per heavy atom. The van der Waals surface area contributed by atoms with Crippen molar-refractivity contribution in [3.8, 4) is 0 Å². The summed E-state index contributed by atoms with van der Waals surface area (Å²) in [5.41, 5.74) is 0.931. The molecule has 3 nitrogen and oxygen atoms in total. The molecule has 0 atom stereocenters. The molecule has 0 fully saturated rings. The minimum atomic E-state index is -0.269. The van der Waals surface area contributed by atoms with Crippen LogP contribution < -0.4 is 0 Å². The number of nitrogens with zero attached hydrogens (tertiary/aromatic N) is 1. The Bertz CT molecular complexity index is 251. The van der Waals surface area contributed by atoms with E-state index in [4.69, 9.17) is 0 Å². The van der Waals surface area contributed by atoms with Gasteiger partial charge in [0.15, 0.2) is 0 Å². The fourth-order valence-corrected chi connectivity index (χ4v) is 0.917. The Balaban J connectivity index is 2.61. The molecule has 0 radical (unpaired) electrons. The minimum absolute atomic E-state index is 0.269. The summed E-state index contributed by atoms with van der Waals surface area (Å²) in [6.45, 7) is 0.422. The second-order valence-corrected chi connectivity index (χ2v) is 1.92. The molecule has 0 aliphatic carbocycles. The highest BCUT2D eigenvalue weighted by Gasteiger charge is 2.17. The van der Waals surface area contributed by atoms with Crippen molar-refractivity contribution in [1.82, 2.24) is 4.57 Å². The van der Waals surface area contributed by atoms with Crippen LogP contribution in [-0.2, 0) is 11.3 Å². The molecule has 0 aromatic carbocycles. The standard InChI is InChI=1S/C6H5NO2/c8-6-7-3-1-2-5(7)4-9-6/h1-3H,4H2. The van der Waals surface area contributed by atoms with Crippen LogP contribution in [0, 0.1) is 0 Å². The van der Waals surface area contributed by atoms with Crippen LogP contribution in [0.3, 0.4) is 0 Å². The lowest BCUT2D eigenvalue weighted by Gasteiger charge is -1.86. The van der Waals surface area contributed by atoms with Crippen molar-refractivity contribution in [2.24, 2.45) is 0 Å². The van der Waals surface area contributed by atoms with E-state index in [0.717, 1.165) is 5.69 Å². The average Bonchev–Trinajstić information content (AvgIpc) is 2.35. The summed E-state index contributed by atoms with van der Waals surface area (Å²) in [6.07, 6.45) is 1.43. The van der Waals surface area contributed by atoms with E-state index in [1.165, 1.54) is 4.57 Å². The van der Waals surface area contributed by atoms with Crippen molar-refractivity contribution < 1.29 is 9.53 Å². The topological polar surface area (TPSA) is 31.2 Å². The Morgan fingerprint density at radius 1 is 1.67 bits per heavy atom. The number of fused-ring (bicyclic) bond motifs is 1. The van der Waals surface area contributed by atoms with Crippen LogP contribution in [0.5, 0.6) is 0 Å². The van der Waals surface area contributed by atoms with Gasteiger partial charge in [0.05, 0.1) is 5.69 Å². The molecule has 9 heavy (non-hydrogen) atoms. The average molecular weight is 123 g/mol. The van der Waals surface area contributed by atoms with E-state index in [2.05, 4.69) is 4.74 Å². The SMILES string of the molecule is O=C1OCc2cccn21. The quantitative estimate of drug-likeness (QED) is 0.515. The van der Waals surface area contributed by atoms with E-state index in [-0.39, 0.29) is 6.09 Å². The second-order valence-electron chi connectivity index (χ2n) is 1.92. The molecule has 0 bridgehead atoms. The third-order valence-electron chi connectivity index (χ3n) is 1.37. The highest BCUT2D eigenvalue weighted by molar-refractivity contribution is 5.73. The van der Waals surface area contributed by atoms with Gasteiger partial charge in [0, 0.05) is 6.20 Å². The van der Waals surface area contributed by atoms with Crippen LogP contribution in [0.2, 0.25) is 0 Å². The molecule has 0 unspecified atom stereocenters. The highest BCUT2D eigenvalue weighted by Crippen LogP contribution is 2.11. The van der Waals surface area contributed by atoms with Gasteiger partial charge in [0.2, 0.25) is 0 Å². The van der Waals surface area contributed by atoms with Gasteiger partial charge in [-0.1, -0.05) is 0 Å². The van der Waals surface area contributed by atoms with E-state index in [1.54, 1.807) is 6.20 Å². The normalized spacial score (nSPS) is 15.3. The predicted octanol–water partition coefficient (Wildman–Crippen LogP) is 0.986. The molecular weight excluding hydrogens is 118 g/mol. The first-order chi connectivity index (χ1) is 4.38. The van der Waals surface area contributed by atoms with Gasteiger partial charge in [-0.25, -0.2) is 4.79 Å². The second kappa shape index (κ2) is 1.37. The molecule has 1 aliphatic rings. The summed E-state index contributed by atoms with van der Waals surface area (Å²) in [7, 11) is 0. The summed E-state index contributed by atoms with van der Waals surface area (Å²) >= 11 is 0. The van der Waals surface area contributed by atoms with Gasteiger partial charge in [-0.2, -0.15) is 0 Å². The smallest absolute Gasteiger partial charge is 0.418 e. The Morgan fingerprint density at radius 3 is 3.33 bits per heavy atom. The van der Waals surface area contributed by atoms with Crippen molar-refractivity contribution >= 4 is 6.09 Å². The van der Waals surface area contributed by atoms with Gasteiger partial charge in [0.25, 0.3) is 0 Å². The monoisotopic (exact) mass is 123 g/mol. The van der Waals surface area contributed by atoms with Gasteiger partial charge in [-0.05, 0) is 12.1 Å². The first kappa shape index (κ1) is 4.61. The van der Waals surface area contributed by atoms with E-state index >= 15 is 0 Å². The number of hydrogen-bond acceptors (Lipinski definition) is 2. The van der Waals surface area contributed by atoms with Crippen LogP contribution in [0.25, 0.3) is 0 Å². The molecule has 2 heterocycles. The van der Waals surface area contributed by atoms with Crippen molar-refractivity contribution in [3.05, 3.63) is 24.0 Å². The van der Waals surface area contributed by atoms with Gasteiger partial charge < -0.3 is 4.74 Å². The summed E-state index contributed by atoms with van der Waals surface area (Å²) in [5, 5.41) is 0. The number of rotatable bonds is 0. The summed E-state index contributed by atoms with van der Waals surface area (Å²) in [6, 6.07) is 3.70. The number of carbonyl (C=O) groups is 1. The third kappa shape index (κ3) is 0.483. The van der Waals surface area contributed by atoms with Crippen molar-refractivity contribution in [3.63, 3.8) is 0 Å². The fraction of sp³-hybridized carbons (Fsp3) is 0.167. The zero-order valence-electron chi connectivity index (χ0n) is 4.70. The van der Waals surface area contributed by atoms with Crippen LogP contribution in [0.1, 0.15) is 5.69 Å². The molecular formula is C6H5NO2.